The highest BCUT2D eigenvalue weighted by molar-refractivity contribution is 9.10. The van der Waals surface area contributed by atoms with Crippen LogP contribution in [0.3, 0.4) is 0 Å². The highest BCUT2D eigenvalue weighted by atomic mass is 79.9. The summed E-state index contributed by atoms with van der Waals surface area (Å²) < 4.78 is 14.3. The molecule has 0 saturated carbocycles. The number of nitrogens with zero attached hydrogens (tertiary/aromatic N) is 2. The lowest BCUT2D eigenvalue weighted by Crippen LogP contribution is -2.18. The molecule has 2 aromatic rings. The fourth-order valence-corrected chi connectivity index (χ4v) is 2.02. The fourth-order valence-electron chi connectivity index (χ4n) is 1.68. The van der Waals surface area contributed by atoms with Gasteiger partial charge in [-0.2, -0.15) is 0 Å². The van der Waals surface area contributed by atoms with Gasteiger partial charge in [-0.1, -0.05) is 27.2 Å². The van der Waals surface area contributed by atoms with Crippen molar-refractivity contribution in [2.45, 2.75) is 6.54 Å². The number of aromatic nitrogens is 1. The summed E-state index contributed by atoms with van der Waals surface area (Å²) >= 11 is 3.19. The molecule has 0 aliphatic heterocycles. The summed E-state index contributed by atoms with van der Waals surface area (Å²) in [5.41, 5.74) is 6.97. The van der Waals surface area contributed by atoms with Crippen molar-refractivity contribution in [1.29, 1.82) is 0 Å². The zero-order chi connectivity index (χ0) is 14.5. The number of pyridine rings is 1. The minimum atomic E-state index is -0.367. The number of hydrogen-bond acceptors (Lipinski definition) is 4. The Morgan fingerprint density at radius 1 is 1.45 bits per heavy atom. The van der Waals surface area contributed by atoms with E-state index in [1.807, 2.05) is 0 Å². The first-order chi connectivity index (χ1) is 9.61. The molecule has 7 heteroatoms. The summed E-state index contributed by atoms with van der Waals surface area (Å²) in [4.78, 5) is 4.04. The van der Waals surface area contributed by atoms with Crippen LogP contribution in [0.25, 0.3) is 0 Å². The van der Waals surface area contributed by atoms with E-state index in [0.717, 1.165) is 0 Å². The zero-order valence-corrected chi connectivity index (χ0v) is 11.9. The maximum atomic E-state index is 13.7. The molecule has 5 nitrogen and oxygen atoms in total. The lowest BCUT2D eigenvalue weighted by atomic mass is 10.1. The lowest BCUT2D eigenvalue weighted by Gasteiger charge is -2.10. The number of hydrogen-bond donors (Lipinski definition) is 3. The molecule has 0 amide bonds. The first kappa shape index (κ1) is 14.3. The third-order valence-corrected chi connectivity index (χ3v) is 3.14. The van der Waals surface area contributed by atoms with Gasteiger partial charge in [0.2, 0.25) is 0 Å². The van der Waals surface area contributed by atoms with Crippen LogP contribution in [0.4, 0.5) is 10.1 Å². The number of nitrogens with one attached hydrogen (secondary N) is 1. The van der Waals surface area contributed by atoms with E-state index < -0.39 is 0 Å². The minimum absolute atomic E-state index is 0.0846. The van der Waals surface area contributed by atoms with Crippen LogP contribution in [0, 0.1) is 5.82 Å². The third kappa shape index (κ3) is 3.24. The molecule has 0 saturated heterocycles. The van der Waals surface area contributed by atoms with Crippen molar-refractivity contribution in [2.24, 2.45) is 10.9 Å². The summed E-state index contributed by atoms with van der Waals surface area (Å²) in [6, 6.07) is 8.22. The summed E-state index contributed by atoms with van der Waals surface area (Å²) in [7, 11) is 0. The molecule has 1 heterocycles. The first-order valence-electron chi connectivity index (χ1n) is 5.72. The van der Waals surface area contributed by atoms with E-state index in [-0.39, 0.29) is 11.7 Å². The molecular formula is C13H12BrFN4O. The molecule has 1 aromatic carbocycles. The lowest BCUT2D eigenvalue weighted by molar-refractivity contribution is 0.318. The van der Waals surface area contributed by atoms with Gasteiger partial charge in [0, 0.05) is 22.8 Å². The highest BCUT2D eigenvalue weighted by Gasteiger charge is 2.09. The van der Waals surface area contributed by atoms with E-state index in [1.54, 1.807) is 24.3 Å². The monoisotopic (exact) mass is 338 g/mol. The van der Waals surface area contributed by atoms with Crippen LogP contribution in [0.15, 0.2) is 46.2 Å². The average molecular weight is 339 g/mol. The zero-order valence-electron chi connectivity index (χ0n) is 10.3. The minimum Gasteiger partial charge on any atom is -0.409 e. The Kier molecular flexibility index (Phi) is 4.52. The molecule has 0 spiro atoms. The van der Waals surface area contributed by atoms with Crippen molar-refractivity contribution in [2.75, 3.05) is 5.32 Å². The van der Waals surface area contributed by atoms with Crippen LogP contribution in [-0.4, -0.2) is 16.0 Å². The Morgan fingerprint density at radius 2 is 2.25 bits per heavy atom. The smallest absolute Gasteiger partial charge is 0.189 e. The Labute approximate surface area is 123 Å². The van der Waals surface area contributed by atoms with Gasteiger partial charge in [-0.15, -0.1) is 0 Å². The topological polar surface area (TPSA) is 83.5 Å². The van der Waals surface area contributed by atoms with Crippen LogP contribution in [0.5, 0.6) is 0 Å². The first-order valence-corrected chi connectivity index (χ1v) is 6.52. The van der Waals surface area contributed by atoms with Crippen LogP contribution in [0.1, 0.15) is 11.3 Å². The molecule has 2 rings (SSSR count). The molecule has 0 atom stereocenters. The third-order valence-electron chi connectivity index (χ3n) is 2.64. The van der Waals surface area contributed by atoms with Gasteiger partial charge in [0.1, 0.15) is 11.5 Å². The van der Waals surface area contributed by atoms with E-state index in [1.165, 1.54) is 12.3 Å². The Balaban J connectivity index is 2.19. The average Bonchev–Trinajstić information content (AvgIpc) is 2.46. The molecule has 4 N–H and O–H groups in total. The van der Waals surface area contributed by atoms with Crippen molar-refractivity contribution in [1.82, 2.24) is 4.98 Å². The normalized spacial score (nSPS) is 11.4. The van der Waals surface area contributed by atoms with Crippen LogP contribution >= 0.6 is 15.9 Å². The Hall–Kier alpha value is -2.15. The molecule has 0 bridgehead atoms. The van der Waals surface area contributed by atoms with E-state index >= 15 is 0 Å². The van der Waals surface area contributed by atoms with Crippen molar-refractivity contribution >= 4 is 27.5 Å². The molecule has 0 radical (unpaired) electrons. The fraction of sp³-hybridized carbons (Fsp3) is 0.0769. The van der Waals surface area contributed by atoms with E-state index in [2.05, 4.69) is 31.4 Å². The van der Waals surface area contributed by atoms with Crippen molar-refractivity contribution in [3.63, 3.8) is 0 Å². The number of halogens is 2. The summed E-state index contributed by atoms with van der Waals surface area (Å²) in [6.45, 7) is 0.304. The highest BCUT2D eigenvalue weighted by Crippen LogP contribution is 2.20. The number of benzene rings is 1. The Morgan fingerprint density at radius 3 is 2.95 bits per heavy atom. The van der Waals surface area contributed by atoms with E-state index in [4.69, 9.17) is 10.9 Å². The molecule has 1 aromatic heterocycles. The maximum absolute atomic E-state index is 13.7. The summed E-state index contributed by atoms with van der Waals surface area (Å²) in [5.74, 6) is -0.452. The predicted octanol–water partition coefficient (Wildman–Crippen LogP) is 2.69. The van der Waals surface area contributed by atoms with Crippen LogP contribution in [0.2, 0.25) is 0 Å². The van der Waals surface area contributed by atoms with E-state index in [0.29, 0.717) is 28.0 Å². The SMILES string of the molecule is NC(=NO)c1ncccc1CNc1ccc(Br)cc1F. The van der Waals surface area contributed by atoms with Gasteiger partial charge in [-0.25, -0.2) is 4.39 Å². The largest absolute Gasteiger partial charge is 0.409 e. The summed E-state index contributed by atoms with van der Waals surface area (Å²) in [6.07, 6.45) is 1.54. The van der Waals surface area contributed by atoms with Gasteiger partial charge in [0.25, 0.3) is 0 Å². The van der Waals surface area contributed by atoms with E-state index in [9.17, 15) is 4.39 Å². The van der Waals surface area contributed by atoms with Gasteiger partial charge in [0.15, 0.2) is 5.84 Å². The number of amidine groups is 1. The predicted molar refractivity (Wildman–Crippen MR) is 78.2 cm³/mol. The molecule has 104 valence electrons. The second-order valence-electron chi connectivity index (χ2n) is 3.97. The van der Waals surface area contributed by atoms with Crippen LogP contribution < -0.4 is 11.1 Å². The molecule has 0 aliphatic rings. The second kappa shape index (κ2) is 6.33. The molecule has 20 heavy (non-hydrogen) atoms. The number of rotatable bonds is 4. The number of nitrogens with two attached hydrogens (primary N) is 1. The second-order valence-corrected chi connectivity index (χ2v) is 4.89. The van der Waals surface area contributed by atoms with Crippen molar-refractivity contribution in [3.8, 4) is 0 Å². The number of oxime groups is 1. The van der Waals surface area contributed by atoms with Gasteiger partial charge >= 0.3 is 0 Å². The molecule has 0 aliphatic carbocycles. The number of anilines is 1. The maximum Gasteiger partial charge on any atom is 0.189 e. The van der Waals surface area contributed by atoms with Gasteiger partial charge in [-0.3, -0.25) is 4.98 Å². The van der Waals surface area contributed by atoms with Gasteiger partial charge in [0.05, 0.1) is 5.69 Å². The Bertz CT molecular complexity index is 648. The van der Waals surface area contributed by atoms with Gasteiger partial charge < -0.3 is 16.3 Å². The standard InChI is InChI=1S/C13H12BrFN4O/c14-9-3-4-11(10(15)6-9)18-7-8-2-1-5-17-12(8)13(16)19-20/h1-6,18,20H,7H2,(H2,16,19). The molecule has 0 fully saturated rings. The molecular weight excluding hydrogens is 327 g/mol. The summed E-state index contributed by atoms with van der Waals surface area (Å²) in [5, 5.41) is 14.6. The van der Waals surface area contributed by atoms with Crippen molar-refractivity contribution < 1.29 is 9.60 Å². The quantitative estimate of drug-likeness (QED) is 0.346. The van der Waals surface area contributed by atoms with Gasteiger partial charge in [-0.05, 0) is 24.3 Å². The van der Waals surface area contributed by atoms with Crippen molar-refractivity contribution in [3.05, 3.63) is 58.1 Å². The molecule has 0 unspecified atom stereocenters. The van der Waals surface area contributed by atoms with Crippen LogP contribution in [-0.2, 0) is 6.54 Å².